The van der Waals surface area contributed by atoms with Gasteiger partial charge in [0, 0.05) is 18.7 Å². The summed E-state index contributed by atoms with van der Waals surface area (Å²) in [5.41, 5.74) is 14.8. The van der Waals surface area contributed by atoms with E-state index in [1.807, 2.05) is 36.4 Å². The van der Waals surface area contributed by atoms with E-state index in [4.69, 9.17) is 11.5 Å². The van der Waals surface area contributed by atoms with Crippen molar-refractivity contribution in [2.24, 2.45) is 11.5 Å². The van der Waals surface area contributed by atoms with Crippen molar-refractivity contribution in [1.82, 2.24) is 10.2 Å². The standard InChI is InChI=1S/C12H14N4/c13-7-9-2-1-3-10(6-9)12-5-4-11(8-14)15-16-12/h1-6H,7-8,13-14H2. The molecule has 16 heavy (non-hydrogen) atoms. The molecule has 0 spiro atoms. The maximum atomic E-state index is 5.59. The van der Waals surface area contributed by atoms with Crippen molar-refractivity contribution < 1.29 is 0 Å². The molecule has 0 amide bonds. The molecular weight excluding hydrogens is 200 g/mol. The van der Waals surface area contributed by atoms with Crippen LogP contribution in [0, 0.1) is 0 Å². The number of nitrogens with two attached hydrogens (primary N) is 2. The van der Waals surface area contributed by atoms with E-state index in [-0.39, 0.29) is 0 Å². The highest BCUT2D eigenvalue weighted by atomic mass is 15.1. The molecule has 0 atom stereocenters. The van der Waals surface area contributed by atoms with Crippen LogP contribution in [0.2, 0.25) is 0 Å². The molecule has 0 aliphatic carbocycles. The van der Waals surface area contributed by atoms with E-state index < -0.39 is 0 Å². The van der Waals surface area contributed by atoms with Crippen molar-refractivity contribution in [3.05, 3.63) is 47.7 Å². The third-order valence-corrected chi connectivity index (χ3v) is 2.39. The molecule has 4 N–H and O–H groups in total. The lowest BCUT2D eigenvalue weighted by Gasteiger charge is -2.03. The van der Waals surface area contributed by atoms with Gasteiger partial charge in [0.25, 0.3) is 0 Å². The van der Waals surface area contributed by atoms with E-state index in [0.29, 0.717) is 13.1 Å². The molecule has 82 valence electrons. The van der Waals surface area contributed by atoms with Gasteiger partial charge in [-0.15, -0.1) is 0 Å². The van der Waals surface area contributed by atoms with Gasteiger partial charge in [0.05, 0.1) is 11.4 Å². The first-order valence-corrected chi connectivity index (χ1v) is 5.15. The number of rotatable bonds is 3. The maximum absolute atomic E-state index is 5.59. The Morgan fingerprint density at radius 2 is 1.81 bits per heavy atom. The van der Waals surface area contributed by atoms with Crippen LogP contribution in [0.3, 0.4) is 0 Å². The van der Waals surface area contributed by atoms with Crippen molar-refractivity contribution in [2.75, 3.05) is 0 Å². The summed E-state index contributed by atoms with van der Waals surface area (Å²) < 4.78 is 0. The van der Waals surface area contributed by atoms with Gasteiger partial charge in [-0.25, -0.2) is 0 Å². The van der Waals surface area contributed by atoms with Gasteiger partial charge in [-0.1, -0.05) is 18.2 Å². The zero-order chi connectivity index (χ0) is 11.4. The quantitative estimate of drug-likeness (QED) is 0.800. The van der Waals surface area contributed by atoms with E-state index >= 15 is 0 Å². The minimum atomic E-state index is 0.413. The lowest BCUT2D eigenvalue weighted by Crippen LogP contribution is -2.01. The Kier molecular flexibility index (Phi) is 3.24. The van der Waals surface area contributed by atoms with Gasteiger partial charge in [-0.3, -0.25) is 0 Å². The third-order valence-electron chi connectivity index (χ3n) is 2.39. The first kappa shape index (κ1) is 10.7. The SMILES string of the molecule is NCc1cccc(-c2ccc(CN)nn2)c1. The fourth-order valence-corrected chi connectivity index (χ4v) is 1.48. The van der Waals surface area contributed by atoms with Crippen LogP contribution in [-0.2, 0) is 13.1 Å². The number of hydrogen-bond donors (Lipinski definition) is 2. The summed E-state index contributed by atoms with van der Waals surface area (Å²) in [7, 11) is 0. The summed E-state index contributed by atoms with van der Waals surface area (Å²) in [5, 5.41) is 8.15. The van der Waals surface area contributed by atoms with Crippen LogP contribution >= 0.6 is 0 Å². The molecule has 0 bridgehead atoms. The molecule has 2 aromatic rings. The van der Waals surface area contributed by atoms with Crippen LogP contribution in [0.5, 0.6) is 0 Å². The summed E-state index contributed by atoms with van der Waals surface area (Å²) in [6, 6.07) is 11.8. The van der Waals surface area contributed by atoms with E-state index in [2.05, 4.69) is 10.2 Å². The zero-order valence-corrected chi connectivity index (χ0v) is 8.93. The van der Waals surface area contributed by atoms with E-state index in [9.17, 15) is 0 Å². The molecule has 4 heteroatoms. The van der Waals surface area contributed by atoms with Crippen LogP contribution in [-0.4, -0.2) is 10.2 Å². The lowest BCUT2D eigenvalue weighted by atomic mass is 10.1. The molecule has 0 aliphatic heterocycles. The molecular formula is C12H14N4. The van der Waals surface area contributed by atoms with E-state index in [1.165, 1.54) is 0 Å². The Labute approximate surface area is 94.3 Å². The molecule has 0 aliphatic rings. The molecule has 2 rings (SSSR count). The second kappa shape index (κ2) is 4.83. The van der Waals surface area contributed by atoms with Gasteiger partial charge < -0.3 is 11.5 Å². The third kappa shape index (κ3) is 2.24. The fourth-order valence-electron chi connectivity index (χ4n) is 1.48. The first-order chi connectivity index (χ1) is 7.83. The summed E-state index contributed by atoms with van der Waals surface area (Å²) in [6.45, 7) is 0.943. The first-order valence-electron chi connectivity index (χ1n) is 5.15. The highest BCUT2D eigenvalue weighted by Gasteiger charge is 2.01. The summed E-state index contributed by atoms with van der Waals surface area (Å²) in [4.78, 5) is 0. The van der Waals surface area contributed by atoms with Crippen LogP contribution in [0.15, 0.2) is 36.4 Å². The number of hydrogen-bond acceptors (Lipinski definition) is 4. The second-order valence-electron chi connectivity index (χ2n) is 3.52. The monoisotopic (exact) mass is 214 g/mol. The van der Waals surface area contributed by atoms with Gasteiger partial charge in [-0.2, -0.15) is 10.2 Å². The largest absolute Gasteiger partial charge is 0.326 e. The lowest BCUT2D eigenvalue weighted by molar-refractivity contribution is 0.902. The van der Waals surface area contributed by atoms with Crippen molar-refractivity contribution in [2.45, 2.75) is 13.1 Å². The predicted molar refractivity (Wildman–Crippen MR) is 63.3 cm³/mol. The highest BCUT2D eigenvalue weighted by molar-refractivity contribution is 5.59. The Balaban J connectivity index is 2.34. The van der Waals surface area contributed by atoms with Gasteiger partial charge in [0.1, 0.15) is 0 Å². The molecule has 0 saturated carbocycles. The summed E-state index contributed by atoms with van der Waals surface area (Å²) in [6.07, 6.45) is 0. The minimum Gasteiger partial charge on any atom is -0.326 e. The van der Waals surface area contributed by atoms with Crippen molar-refractivity contribution in [1.29, 1.82) is 0 Å². The van der Waals surface area contributed by atoms with Gasteiger partial charge in [0.15, 0.2) is 0 Å². The molecule has 1 aromatic carbocycles. The molecule has 0 radical (unpaired) electrons. The Bertz CT molecular complexity index is 465. The molecule has 0 saturated heterocycles. The van der Waals surface area contributed by atoms with E-state index in [0.717, 1.165) is 22.5 Å². The Morgan fingerprint density at radius 1 is 0.938 bits per heavy atom. The molecule has 0 unspecified atom stereocenters. The topological polar surface area (TPSA) is 77.8 Å². The van der Waals surface area contributed by atoms with Gasteiger partial charge >= 0.3 is 0 Å². The fraction of sp³-hybridized carbons (Fsp3) is 0.167. The normalized spacial score (nSPS) is 10.4. The average molecular weight is 214 g/mol. The Hall–Kier alpha value is -1.78. The zero-order valence-electron chi connectivity index (χ0n) is 8.93. The number of nitrogens with zero attached hydrogens (tertiary/aromatic N) is 2. The summed E-state index contributed by atoms with van der Waals surface area (Å²) in [5.74, 6) is 0. The van der Waals surface area contributed by atoms with Crippen LogP contribution < -0.4 is 11.5 Å². The van der Waals surface area contributed by atoms with Crippen LogP contribution in [0.1, 0.15) is 11.3 Å². The van der Waals surface area contributed by atoms with Crippen LogP contribution in [0.25, 0.3) is 11.3 Å². The van der Waals surface area contributed by atoms with Crippen molar-refractivity contribution >= 4 is 0 Å². The van der Waals surface area contributed by atoms with Gasteiger partial charge in [0.2, 0.25) is 0 Å². The van der Waals surface area contributed by atoms with Gasteiger partial charge in [-0.05, 0) is 23.8 Å². The molecule has 1 aromatic heterocycles. The minimum absolute atomic E-state index is 0.413. The highest BCUT2D eigenvalue weighted by Crippen LogP contribution is 2.17. The second-order valence-corrected chi connectivity index (χ2v) is 3.52. The number of benzene rings is 1. The van der Waals surface area contributed by atoms with Crippen molar-refractivity contribution in [3.8, 4) is 11.3 Å². The smallest absolute Gasteiger partial charge is 0.0929 e. The van der Waals surface area contributed by atoms with E-state index in [1.54, 1.807) is 0 Å². The molecule has 0 fully saturated rings. The molecule has 1 heterocycles. The van der Waals surface area contributed by atoms with Crippen molar-refractivity contribution in [3.63, 3.8) is 0 Å². The molecule has 4 nitrogen and oxygen atoms in total. The Morgan fingerprint density at radius 3 is 2.44 bits per heavy atom. The predicted octanol–water partition coefficient (Wildman–Crippen LogP) is 1.06. The summed E-state index contributed by atoms with van der Waals surface area (Å²) >= 11 is 0. The number of aromatic nitrogens is 2. The van der Waals surface area contributed by atoms with Crippen LogP contribution in [0.4, 0.5) is 0 Å². The average Bonchev–Trinajstić information content (AvgIpc) is 2.39. The maximum Gasteiger partial charge on any atom is 0.0929 e.